The highest BCUT2D eigenvalue weighted by atomic mass is 19.4. The third-order valence-electron chi connectivity index (χ3n) is 2.90. The molecule has 0 aliphatic heterocycles. The summed E-state index contributed by atoms with van der Waals surface area (Å²) in [4.78, 5) is 15.7. The van der Waals surface area contributed by atoms with Gasteiger partial charge in [0.05, 0.1) is 11.0 Å². The topological polar surface area (TPSA) is 70.1 Å². The summed E-state index contributed by atoms with van der Waals surface area (Å²) in [6.07, 6.45) is -2.57. The molecule has 2 rings (SSSR count). The van der Waals surface area contributed by atoms with Crippen molar-refractivity contribution in [1.82, 2.24) is 9.55 Å². The number of nitrogens with zero attached hydrogens (tertiary/aromatic N) is 2. The Bertz CT molecular complexity index is 664. The van der Waals surface area contributed by atoms with E-state index in [-0.39, 0.29) is 11.3 Å². The van der Waals surface area contributed by atoms with E-state index in [2.05, 4.69) is 9.72 Å². The first-order chi connectivity index (χ1) is 9.81. The van der Waals surface area contributed by atoms with Gasteiger partial charge >= 0.3 is 12.4 Å². The number of ether oxygens (including phenoxy) is 1. The van der Waals surface area contributed by atoms with Gasteiger partial charge in [0.15, 0.2) is 0 Å². The standard InChI is InChI=1S/C13H14F3N3O2/c1-2-3-4-11-18-9-7-8(21-13(14,15)16)5-6-10(9)19(11)12(17)20/h5-7H,2-4H2,1H3,(H2,17,20). The molecular formula is C13H14F3N3O2. The molecule has 2 aromatic rings. The molecule has 0 saturated carbocycles. The van der Waals surface area contributed by atoms with Crippen LogP contribution in [0, 0.1) is 0 Å². The first kappa shape index (κ1) is 15.1. The van der Waals surface area contributed by atoms with E-state index in [4.69, 9.17) is 5.73 Å². The molecule has 0 atom stereocenters. The number of primary amides is 1. The molecule has 0 saturated heterocycles. The van der Waals surface area contributed by atoms with Gasteiger partial charge in [0, 0.05) is 12.5 Å². The lowest BCUT2D eigenvalue weighted by Gasteiger charge is -2.08. The minimum Gasteiger partial charge on any atom is -0.406 e. The summed E-state index contributed by atoms with van der Waals surface area (Å²) in [6, 6.07) is 2.88. The fourth-order valence-corrected chi connectivity index (χ4v) is 2.06. The van der Waals surface area contributed by atoms with Crippen LogP contribution in [-0.2, 0) is 6.42 Å². The van der Waals surface area contributed by atoms with Crippen LogP contribution in [0.5, 0.6) is 5.75 Å². The highest BCUT2D eigenvalue weighted by Gasteiger charge is 2.31. The number of imidazole rings is 1. The highest BCUT2D eigenvalue weighted by Crippen LogP contribution is 2.27. The quantitative estimate of drug-likeness (QED) is 0.942. The Kier molecular flexibility index (Phi) is 4.06. The summed E-state index contributed by atoms with van der Waals surface area (Å²) < 4.78 is 41.6. The number of nitrogens with two attached hydrogens (primary N) is 1. The van der Waals surface area contributed by atoms with Crippen LogP contribution in [0.2, 0.25) is 0 Å². The predicted molar refractivity (Wildman–Crippen MR) is 70.0 cm³/mol. The van der Waals surface area contributed by atoms with Crippen LogP contribution in [0.25, 0.3) is 11.0 Å². The Morgan fingerprint density at radius 2 is 2.14 bits per heavy atom. The fraction of sp³-hybridized carbons (Fsp3) is 0.385. The molecule has 1 aromatic carbocycles. The fourth-order valence-electron chi connectivity index (χ4n) is 2.06. The second-order valence-electron chi connectivity index (χ2n) is 4.50. The van der Waals surface area contributed by atoms with E-state index < -0.39 is 12.4 Å². The average Bonchev–Trinajstić information content (AvgIpc) is 2.71. The second-order valence-corrected chi connectivity index (χ2v) is 4.50. The van der Waals surface area contributed by atoms with Gasteiger partial charge in [-0.3, -0.25) is 0 Å². The SMILES string of the molecule is CCCCc1nc2cc(OC(F)(F)F)ccc2n1C(N)=O. The van der Waals surface area contributed by atoms with Crippen LogP contribution < -0.4 is 10.5 Å². The molecule has 0 aliphatic carbocycles. The monoisotopic (exact) mass is 301 g/mol. The van der Waals surface area contributed by atoms with Gasteiger partial charge in [-0.25, -0.2) is 14.3 Å². The molecular weight excluding hydrogens is 287 g/mol. The molecule has 2 N–H and O–H groups in total. The summed E-state index contributed by atoms with van der Waals surface area (Å²) in [5.74, 6) is 0.0506. The summed E-state index contributed by atoms with van der Waals surface area (Å²) in [5.41, 5.74) is 5.91. The van der Waals surface area contributed by atoms with E-state index >= 15 is 0 Å². The number of carbonyl (C=O) groups is 1. The van der Waals surface area contributed by atoms with Crippen molar-refractivity contribution < 1.29 is 22.7 Å². The normalized spacial score (nSPS) is 11.8. The van der Waals surface area contributed by atoms with E-state index in [0.29, 0.717) is 17.8 Å². The number of alkyl halides is 3. The number of benzene rings is 1. The first-order valence-corrected chi connectivity index (χ1v) is 6.38. The van der Waals surface area contributed by atoms with Crippen LogP contribution in [0.3, 0.4) is 0 Å². The number of aryl methyl sites for hydroxylation is 1. The minimum absolute atomic E-state index is 0.238. The molecule has 21 heavy (non-hydrogen) atoms. The lowest BCUT2D eigenvalue weighted by molar-refractivity contribution is -0.274. The lowest BCUT2D eigenvalue weighted by Crippen LogP contribution is -2.21. The van der Waals surface area contributed by atoms with Gasteiger partial charge in [-0.15, -0.1) is 13.2 Å². The van der Waals surface area contributed by atoms with Gasteiger partial charge < -0.3 is 10.5 Å². The van der Waals surface area contributed by atoms with Crippen molar-refractivity contribution in [2.24, 2.45) is 5.73 Å². The maximum absolute atomic E-state index is 12.2. The summed E-state index contributed by atoms with van der Waals surface area (Å²) in [6.45, 7) is 1.98. The van der Waals surface area contributed by atoms with Crippen LogP contribution in [-0.4, -0.2) is 21.9 Å². The van der Waals surface area contributed by atoms with E-state index in [1.54, 1.807) is 0 Å². The second kappa shape index (κ2) is 5.63. The molecule has 1 amide bonds. The van der Waals surface area contributed by atoms with Crippen molar-refractivity contribution in [3.63, 3.8) is 0 Å². The molecule has 5 nitrogen and oxygen atoms in total. The zero-order valence-electron chi connectivity index (χ0n) is 11.3. The number of fused-ring (bicyclic) bond motifs is 1. The maximum atomic E-state index is 12.2. The van der Waals surface area contributed by atoms with Gasteiger partial charge in [0.25, 0.3) is 0 Å². The van der Waals surface area contributed by atoms with Gasteiger partial charge in [-0.05, 0) is 18.6 Å². The molecule has 0 fully saturated rings. The molecule has 0 unspecified atom stereocenters. The van der Waals surface area contributed by atoms with Crippen molar-refractivity contribution in [1.29, 1.82) is 0 Å². The Labute approximate surface area is 118 Å². The van der Waals surface area contributed by atoms with Crippen LogP contribution in [0.15, 0.2) is 18.2 Å². The number of carbonyl (C=O) groups excluding carboxylic acids is 1. The molecule has 1 aromatic heterocycles. The Balaban J connectivity index is 2.46. The Morgan fingerprint density at radius 1 is 1.43 bits per heavy atom. The Hall–Kier alpha value is -2.25. The number of aromatic nitrogens is 2. The maximum Gasteiger partial charge on any atom is 0.573 e. The summed E-state index contributed by atoms with van der Waals surface area (Å²) >= 11 is 0. The van der Waals surface area contributed by atoms with Gasteiger partial charge in [0.2, 0.25) is 0 Å². The molecule has 1 heterocycles. The number of unbranched alkanes of at least 4 members (excludes halogenated alkanes) is 1. The minimum atomic E-state index is -4.77. The van der Waals surface area contributed by atoms with Crippen molar-refractivity contribution in [3.8, 4) is 5.75 Å². The number of hydrogen-bond donors (Lipinski definition) is 1. The van der Waals surface area contributed by atoms with E-state index in [9.17, 15) is 18.0 Å². The van der Waals surface area contributed by atoms with Crippen molar-refractivity contribution in [2.75, 3.05) is 0 Å². The number of halogens is 3. The molecule has 0 spiro atoms. The zero-order chi connectivity index (χ0) is 15.6. The number of hydrogen-bond acceptors (Lipinski definition) is 3. The van der Waals surface area contributed by atoms with E-state index in [1.165, 1.54) is 10.6 Å². The van der Waals surface area contributed by atoms with Crippen LogP contribution in [0.1, 0.15) is 25.6 Å². The van der Waals surface area contributed by atoms with Gasteiger partial charge in [-0.2, -0.15) is 0 Å². The molecule has 0 bridgehead atoms. The Morgan fingerprint density at radius 3 is 2.71 bits per heavy atom. The summed E-state index contributed by atoms with van der Waals surface area (Å²) in [7, 11) is 0. The number of rotatable bonds is 4. The zero-order valence-corrected chi connectivity index (χ0v) is 11.3. The third-order valence-corrected chi connectivity index (χ3v) is 2.90. The molecule has 114 valence electrons. The third kappa shape index (κ3) is 3.45. The van der Waals surface area contributed by atoms with Crippen molar-refractivity contribution in [2.45, 2.75) is 32.5 Å². The van der Waals surface area contributed by atoms with Crippen LogP contribution >= 0.6 is 0 Å². The summed E-state index contributed by atoms with van der Waals surface area (Å²) in [5, 5.41) is 0. The highest BCUT2D eigenvalue weighted by molar-refractivity contribution is 5.89. The number of amides is 1. The smallest absolute Gasteiger partial charge is 0.406 e. The predicted octanol–water partition coefficient (Wildman–Crippen LogP) is 3.20. The largest absolute Gasteiger partial charge is 0.573 e. The van der Waals surface area contributed by atoms with Gasteiger partial charge in [-0.1, -0.05) is 13.3 Å². The molecule has 0 aliphatic rings. The molecule has 0 radical (unpaired) electrons. The lowest BCUT2D eigenvalue weighted by atomic mass is 10.2. The van der Waals surface area contributed by atoms with E-state index in [0.717, 1.165) is 25.0 Å². The van der Waals surface area contributed by atoms with Crippen molar-refractivity contribution in [3.05, 3.63) is 24.0 Å². The molecule has 8 heteroatoms. The van der Waals surface area contributed by atoms with E-state index in [1.807, 2.05) is 6.92 Å². The van der Waals surface area contributed by atoms with Crippen LogP contribution in [0.4, 0.5) is 18.0 Å². The van der Waals surface area contributed by atoms with Crippen molar-refractivity contribution >= 4 is 17.1 Å². The average molecular weight is 301 g/mol. The van der Waals surface area contributed by atoms with Gasteiger partial charge in [0.1, 0.15) is 11.6 Å². The first-order valence-electron chi connectivity index (χ1n) is 6.38.